The lowest BCUT2D eigenvalue weighted by atomic mass is 9.90. The van der Waals surface area contributed by atoms with Gasteiger partial charge in [0.25, 0.3) is 5.91 Å². The van der Waals surface area contributed by atoms with Crippen LogP contribution in [0.4, 0.5) is 5.69 Å². The van der Waals surface area contributed by atoms with Gasteiger partial charge in [0.2, 0.25) is 0 Å². The third kappa shape index (κ3) is 10.2. The summed E-state index contributed by atoms with van der Waals surface area (Å²) in [6, 6.07) is 15.6. The van der Waals surface area contributed by atoms with E-state index in [4.69, 9.17) is 4.74 Å². The molecule has 2 aromatic carbocycles. The second-order valence-electron chi connectivity index (χ2n) is 10.3. The van der Waals surface area contributed by atoms with E-state index in [0.717, 1.165) is 19.3 Å². The van der Waals surface area contributed by atoms with E-state index in [0.29, 0.717) is 42.7 Å². The molecule has 7 heteroatoms. The summed E-state index contributed by atoms with van der Waals surface area (Å²) in [5, 5.41) is 23.3. The number of ether oxygens (including phenoxy) is 1. The zero-order valence-electron chi connectivity index (χ0n) is 23.2. The van der Waals surface area contributed by atoms with Gasteiger partial charge in [-0.05, 0) is 62.1 Å². The molecule has 214 valence electrons. The minimum Gasteiger partial charge on any atom is -0.427 e. The molecule has 0 radical (unpaired) electrons. The quantitative estimate of drug-likeness (QED) is 0.109. The molecule has 1 aliphatic rings. The molecule has 2 aromatic rings. The van der Waals surface area contributed by atoms with Crippen LogP contribution in [0.25, 0.3) is 0 Å². The third-order valence-corrected chi connectivity index (χ3v) is 7.08. The number of hydrogen-bond donors (Lipinski definition) is 3. The van der Waals surface area contributed by atoms with Crippen molar-refractivity contribution < 1.29 is 29.3 Å². The number of unbranched alkanes of at least 4 members (excludes halogenated alkanes) is 3. The van der Waals surface area contributed by atoms with E-state index in [1.165, 1.54) is 0 Å². The summed E-state index contributed by atoms with van der Waals surface area (Å²) >= 11 is 0. The van der Waals surface area contributed by atoms with Crippen molar-refractivity contribution in [2.45, 2.75) is 76.9 Å². The number of aliphatic hydroxyl groups is 2. The number of hydrogen-bond acceptors (Lipinski definition) is 6. The molecule has 4 atom stereocenters. The number of anilines is 1. The van der Waals surface area contributed by atoms with Gasteiger partial charge >= 0.3 is 5.97 Å². The summed E-state index contributed by atoms with van der Waals surface area (Å²) in [7, 11) is 0. The number of esters is 1. The SMILES string of the molecule is CCCCCC(O)/C=C/[C@H]1C(O)CC(=O)C1C/C=C\CCCC(=O)Oc1ccc(NC(=O)c2ccccc2)cc1. The van der Waals surface area contributed by atoms with Crippen LogP contribution in [0.15, 0.2) is 78.9 Å². The number of allylic oxidation sites excluding steroid dienone is 2. The van der Waals surface area contributed by atoms with Crippen LogP contribution >= 0.6 is 0 Å². The molecule has 7 nitrogen and oxygen atoms in total. The highest BCUT2D eigenvalue weighted by atomic mass is 16.5. The Morgan fingerprint density at radius 1 is 1.05 bits per heavy atom. The van der Waals surface area contributed by atoms with Crippen molar-refractivity contribution in [2.75, 3.05) is 5.32 Å². The summed E-state index contributed by atoms with van der Waals surface area (Å²) in [4.78, 5) is 36.9. The Bertz CT molecular complexity index is 1140. The zero-order valence-corrected chi connectivity index (χ0v) is 23.2. The number of amides is 1. The third-order valence-electron chi connectivity index (χ3n) is 7.08. The lowest BCUT2D eigenvalue weighted by Crippen LogP contribution is -2.18. The number of aliphatic hydroxyl groups excluding tert-OH is 2. The van der Waals surface area contributed by atoms with Gasteiger partial charge in [-0.15, -0.1) is 0 Å². The Hall–Kier alpha value is -3.55. The molecular formula is C33H41NO6. The van der Waals surface area contributed by atoms with Crippen LogP contribution in [0, 0.1) is 11.8 Å². The number of benzene rings is 2. The van der Waals surface area contributed by atoms with Crippen molar-refractivity contribution in [3.05, 3.63) is 84.5 Å². The Morgan fingerprint density at radius 3 is 2.52 bits per heavy atom. The molecule has 1 aliphatic carbocycles. The number of nitrogens with one attached hydrogen (secondary N) is 1. The minimum absolute atomic E-state index is 0.0431. The molecule has 1 saturated carbocycles. The van der Waals surface area contributed by atoms with Crippen molar-refractivity contribution in [3.8, 4) is 5.75 Å². The van der Waals surface area contributed by atoms with Crippen molar-refractivity contribution in [2.24, 2.45) is 11.8 Å². The second-order valence-corrected chi connectivity index (χ2v) is 10.3. The predicted octanol–water partition coefficient (Wildman–Crippen LogP) is 6.02. The smallest absolute Gasteiger partial charge is 0.311 e. The lowest BCUT2D eigenvalue weighted by molar-refractivity contribution is -0.134. The van der Waals surface area contributed by atoms with Crippen LogP contribution in [0.5, 0.6) is 5.75 Å². The van der Waals surface area contributed by atoms with Crippen LogP contribution in [-0.4, -0.2) is 40.1 Å². The Balaban J connectivity index is 1.36. The van der Waals surface area contributed by atoms with Gasteiger partial charge in [0, 0.05) is 35.9 Å². The highest BCUT2D eigenvalue weighted by Gasteiger charge is 2.39. The first-order valence-corrected chi connectivity index (χ1v) is 14.3. The molecule has 3 rings (SSSR count). The Kier molecular flexibility index (Phi) is 12.8. The second kappa shape index (κ2) is 16.5. The maximum Gasteiger partial charge on any atom is 0.311 e. The number of Topliss-reactive ketones (excluding diaryl/α,β-unsaturated/α-hetero) is 1. The predicted molar refractivity (Wildman–Crippen MR) is 156 cm³/mol. The first-order valence-electron chi connectivity index (χ1n) is 14.3. The molecule has 1 amide bonds. The minimum atomic E-state index is -0.714. The molecule has 0 bridgehead atoms. The standard InChI is InChI=1S/C33H41NO6/c1-2-3-7-14-26(35)19-22-29-28(30(36)23-31(29)37)15-10-4-5-11-16-32(38)40-27-20-17-25(18-21-27)34-33(39)24-12-8-6-9-13-24/h4,6,8-10,12-13,17-22,26,28-29,31,35,37H,2-3,5,7,11,14-16,23H2,1H3,(H,34,39)/b10-4-,22-19+/t26?,28?,29-,31?/m1/s1. The lowest BCUT2D eigenvalue weighted by Gasteiger charge is -2.16. The van der Waals surface area contributed by atoms with Gasteiger partial charge in [0.1, 0.15) is 11.5 Å². The molecule has 0 saturated heterocycles. The van der Waals surface area contributed by atoms with E-state index in [-0.39, 0.29) is 42.3 Å². The van der Waals surface area contributed by atoms with Crippen molar-refractivity contribution in [1.82, 2.24) is 0 Å². The van der Waals surface area contributed by atoms with Gasteiger partial charge in [0.05, 0.1) is 12.2 Å². The zero-order chi connectivity index (χ0) is 28.7. The summed E-state index contributed by atoms with van der Waals surface area (Å²) in [6.07, 6.45) is 12.1. The fourth-order valence-electron chi connectivity index (χ4n) is 4.79. The summed E-state index contributed by atoms with van der Waals surface area (Å²) in [6.45, 7) is 2.12. The van der Waals surface area contributed by atoms with Crippen LogP contribution in [0.3, 0.4) is 0 Å². The molecular weight excluding hydrogens is 506 g/mol. The van der Waals surface area contributed by atoms with E-state index in [1.54, 1.807) is 54.6 Å². The highest BCUT2D eigenvalue weighted by molar-refractivity contribution is 6.04. The average molecular weight is 548 g/mol. The van der Waals surface area contributed by atoms with Crippen LogP contribution in [0.2, 0.25) is 0 Å². The van der Waals surface area contributed by atoms with Crippen molar-refractivity contribution >= 4 is 23.3 Å². The molecule has 3 unspecified atom stereocenters. The number of carbonyl (C=O) groups excluding carboxylic acids is 3. The number of rotatable bonds is 15. The summed E-state index contributed by atoms with van der Waals surface area (Å²) in [5.41, 5.74) is 1.16. The normalized spacial score (nSPS) is 19.8. The fraction of sp³-hybridized carbons (Fsp3) is 0.424. The molecule has 0 spiro atoms. The van der Waals surface area contributed by atoms with Gasteiger partial charge in [0.15, 0.2) is 0 Å². The van der Waals surface area contributed by atoms with Gasteiger partial charge in [-0.2, -0.15) is 0 Å². The largest absolute Gasteiger partial charge is 0.427 e. The monoisotopic (exact) mass is 547 g/mol. The van der Waals surface area contributed by atoms with Crippen LogP contribution in [-0.2, 0) is 9.59 Å². The topological polar surface area (TPSA) is 113 Å². The number of carbonyl (C=O) groups is 3. The summed E-state index contributed by atoms with van der Waals surface area (Å²) < 4.78 is 5.39. The molecule has 0 heterocycles. The Labute approximate surface area is 237 Å². The maximum absolute atomic E-state index is 12.4. The first-order chi connectivity index (χ1) is 19.4. The number of ketones is 1. The maximum atomic E-state index is 12.4. The van der Waals surface area contributed by atoms with Crippen molar-refractivity contribution in [1.29, 1.82) is 0 Å². The van der Waals surface area contributed by atoms with Crippen LogP contribution < -0.4 is 10.1 Å². The molecule has 0 aliphatic heterocycles. The highest BCUT2D eigenvalue weighted by Crippen LogP contribution is 2.33. The van der Waals surface area contributed by atoms with E-state index >= 15 is 0 Å². The van der Waals surface area contributed by atoms with E-state index in [9.17, 15) is 24.6 Å². The average Bonchev–Trinajstić information content (AvgIpc) is 3.22. The molecule has 1 fully saturated rings. The summed E-state index contributed by atoms with van der Waals surface area (Å²) in [5.74, 6) is -0.684. The van der Waals surface area contributed by atoms with Gasteiger partial charge in [-0.25, -0.2) is 0 Å². The first kappa shape index (κ1) is 31.0. The molecule has 40 heavy (non-hydrogen) atoms. The Morgan fingerprint density at radius 2 is 1.80 bits per heavy atom. The van der Waals surface area contributed by atoms with Crippen molar-refractivity contribution in [3.63, 3.8) is 0 Å². The van der Waals surface area contributed by atoms with E-state index < -0.39 is 12.2 Å². The van der Waals surface area contributed by atoms with E-state index in [1.807, 2.05) is 24.3 Å². The molecule has 0 aromatic heterocycles. The van der Waals surface area contributed by atoms with Crippen LogP contribution in [0.1, 0.15) is 75.1 Å². The van der Waals surface area contributed by atoms with Gasteiger partial charge < -0.3 is 20.3 Å². The van der Waals surface area contributed by atoms with E-state index in [2.05, 4.69) is 12.2 Å². The molecule has 3 N–H and O–H groups in total. The van der Waals surface area contributed by atoms with Gasteiger partial charge in [-0.1, -0.05) is 68.7 Å². The fourth-order valence-corrected chi connectivity index (χ4v) is 4.79. The van der Waals surface area contributed by atoms with Gasteiger partial charge in [-0.3, -0.25) is 14.4 Å².